The van der Waals surface area contributed by atoms with Crippen molar-refractivity contribution in [2.45, 2.75) is 25.6 Å². The van der Waals surface area contributed by atoms with Gasteiger partial charge in [0.2, 0.25) is 0 Å². The zero-order valence-electron chi connectivity index (χ0n) is 19.3. The number of carbonyl (C=O) groups excluding carboxylic acids is 1. The Bertz CT molecular complexity index is 1250. The van der Waals surface area contributed by atoms with Crippen LogP contribution < -0.4 is 14.8 Å². The number of carbonyl (C=O) groups is 1. The topological polar surface area (TPSA) is 90.6 Å². The number of amidine groups is 1. The predicted octanol–water partition coefficient (Wildman–Crippen LogP) is 4.44. The molecule has 0 saturated heterocycles. The molecule has 0 bridgehead atoms. The van der Waals surface area contributed by atoms with Crippen LogP contribution >= 0.6 is 0 Å². The number of nitrogens with one attached hydrogen (secondary N) is 1. The van der Waals surface area contributed by atoms with Crippen molar-refractivity contribution in [1.82, 2.24) is 20.1 Å². The van der Waals surface area contributed by atoms with Crippen LogP contribution in [0.3, 0.4) is 0 Å². The van der Waals surface area contributed by atoms with Crippen LogP contribution in [0.25, 0.3) is 0 Å². The van der Waals surface area contributed by atoms with E-state index >= 15 is 0 Å². The normalized spacial score (nSPS) is 14.6. The van der Waals surface area contributed by atoms with Crippen molar-refractivity contribution in [2.24, 2.45) is 4.99 Å². The number of dihydropyridines is 1. The number of allylic oxidation sites excluding steroid dienone is 1. The molecule has 1 amide bonds. The van der Waals surface area contributed by atoms with E-state index in [-0.39, 0.29) is 18.6 Å². The van der Waals surface area contributed by atoms with Gasteiger partial charge in [-0.25, -0.2) is 0 Å². The fraction of sp³-hybridized carbons (Fsp3) is 0.185. The van der Waals surface area contributed by atoms with Gasteiger partial charge in [0.05, 0.1) is 5.56 Å². The summed E-state index contributed by atoms with van der Waals surface area (Å²) >= 11 is 0. The van der Waals surface area contributed by atoms with E-state index in [9.17, 15) is 4.79 Å². The zero-order valence-corrected chi connectivity index (χ0v) is 19.3. The van der Waals surface area contributed by atoms with E-state index in [0.717, 1.165) is 5.56 Å². The molecule has 8 heteroatoms. The summed E-state index contributed by atoms with van der Waals surface area (Å²) in [5, 5.41) is 11.1. The molecule has 0 saturated carbocycles. The van der Waals surface area contributed by atoms with E-state index < -0.39 is 0 Å². The molecule has 1 aliphatic heterocycles. The molecular formula is C27H27N5O3. The Balaban J connectivity index is 1.52. The van der Waals surface area contributed by atoms with Gasteiger partial charge in [0.1, 0.15) is 42.9 Å². The van der Waals surface area contributed by atoms with Gasteiger partial charge >= 0.3 is 0 Å². The van der Waals surface area contributed by atoms with Gasteiger partial charge in [-0.1, -0.05) is 55.1 Å². The van der Waals surface area contributed by atoms with Crippen molar-refractivity contribution in [1.29, 1.82) is 0 Å². The van der Waals surface area contributed by atoms with Gasteiger partial charge < -0.3 is 19.4 Å². The molecule has 0 radical (unpaired) electrons. The second-order valence-electron chi connectivity index (χ2n) is 7.78. The summed E-state index contributed by atoms with van der Waals surface area (Å²) in [5.74, 6) is 1.78. The van der Waals surface area contributed by atoms with Crippen molar-refractivity contribution in [3.63, 3.8) is 0 Å². The molecule has 1 N–H and O–H groups in total. The van der Waals surface area contributed by atoms with Gasteiger partial charge in [0, 0.05) is 6.54 Å². The lowest BCUT2D eigenvalue weighted by atomic mass is 10.1. The molecule has 178 valence electrons. The summed E-state index contributed by atoms with van der Waals surface area (Å²) in [6.45, 7) is 8.68. The molecule has 2 aromatic carbocycles. The van der Waals surface area contributed by atoms with Gasteiger partial charge in [0.15, 0.2) is 5.82 Å². The first-order chi connectivity index (χ1) is 17.2. The van der Waals surface area contributed by atoms with E-state index in [4.69, 9.17) is 9.47 Å². The first-order valence-corrected chi connectivity index (χ1v) is 11.3. The largest absolute Gasteiger partial charge is 0.489 e. The number of ether oxygens (including phenoxy) is 2. The molecule has 4 rings (SSSR count). The van der Waals surface area contributed by atoms with Crippen LogP contribution in [0, 0.1) is 0 Å². The lowest BCUT2D eigenvalue weighted by Gasteiger charge is -2.18. The van der Waals surface area contributed by atoms with E-state index in [1.807, 2.05) is 41.0 Å². The highest BCUT2D eigenvalue weighted by atomic mass is 16.5. The van der Waals surface area contributed by atoms with Gasteiger partial charge in [-0.15, -0.1) is 16.8 Å². The van der Waals surface area contributed by atoms with Crippen molar-refractivity contribution < 1.29 is 14.3 Å². The van der Waals surface area contributed by atoms with Gasteiger partial charge in [-0.05, 0) is 36.3 Å². The third-order valence-electron chi connectivity index (χ3n) is 5.24. The minimum Gasteiger partial charge on any atom is -0.489 e. The van der Waals surface area contributed by atoms with Gasteiger partial charge in [-0.2, -0.15) is 0 Å². The van der Waals surface area contributed by atoms with Crippen LogP contribution in [0.1, 0.15) is 34.2 Å². The first-order valence-electron chi connectivity index (χ1n) is 11.3. The molecule has 0 spiro atoms. The Labute approximate surface area is 204 Å². The highest BCUT2D eigenvalue weighted by Crippen LogP contribution is 2.26. The second-order valence-corrected chi connectivity index (χ2v) is 7.78. The molecule has 2 heterocycles. The van der Waals surface area contributed by atoms with Gasteiger partial charge in [0.25, 0.3) is 5.91 Å². The summed E-state index contributed by atoms with van der Waals surface area (Å²) in [5.41, 5.74) is 1.37. The van der Waals surface area contributed by atoms with E-state index in [1.165, 1.54) is 0 Å². The van der Waals surface area contributed by atoms with Crippen LogP contribution in [-0.2, 0) is 13.2 Å². The van der Waals surface area contributed by atoms with Crippen molar-refractivity contribution in [3.8, 4) is 11.5 Å². The van der Waals surface area contributed by atoms with E-state index in [1.54, 1.807) is 42.8 Å². The number of amides is 1. The van der Waals surface area contributed by atoms with E-state index in [2.05, 4.69) is 33.7 Å². The van der Waals surface area contributed by atoms with Crippen LogP contribution in [0.4, 0.5) is 0 Å². The molecular weight excluding hydrogens is 442 g/mol. The third-order valence-corrected chi connectivity index (χ3v) is 5.24. The maximum atomic E-state index is 13.3. The summed E-state index contributed by atoms with van der Waals surface area (Å²) in [6, 6.07) is 14.7. The lowest BCUT2D eigenvalue weighted by molar-refractivity contribution is 0.0973. The smallest absolute Gasteiger partial charge is 0.260 e. The Kier molecular flexibility index (Phi) is 7.85. The number of hydrogen-bond acceptors (Lipinski definition) is 6. The molecule has 1 atom stereocenters. The number of rotatable bonds is 10. The Hall–Kier alpha value is -4.46. The Morgan fingerprint density at radius 3 is 2.80 bits per heavy atom. The summed E-state index contributed by atoms with van der Waals surface area (Å²) in [6.07, 6.45) is 9.44. The van der Waals surface area contributed by atoms with Crippen LogP contribution in [0.15, 0.2) is 97.3 Å². The molecule has 0 fully saturated rings. The monoisotopic (exact) mass is 469 g/mol. The Morgan fingerprint density at radius 2 is 2.00 bits per heavy atom. The average Bonchev–Trinajstić information content (AvgIpc) is 3.36. The molecule has 1 aliphatic rings. The van der Waals surface area contributed by atoms with Crippen molar-refractivity contribution in [2.75, 3.05) is 6.61 Å². The third kappa shape index (κ3) is 6.11. The second kappa shape index (κ2) is 11.6. The number of nitrogens with zero attached hydrogens (tertiary/aromatic N) is 4. The molecule has 8 nitrogen and oxygen atoms in total. The maximum Gasteiger partial charge on any atom is 0.260 e. The molecule has 35 heavy (non-hydrogen) atoms. The highest BCUT2D eigenvalue weighted by Gasteiger charge is 2.21. The molecule has 3 aromatic rings. The number of benzene rings is 2. The standard InChI is InChI=1S/C27H27N5O3/c1-3-15-32-19-28-31-26(32)23-11-8-12-25(29-23)30-27(33)22-17-21(13-14-24(22)34-16-4-2)35-18-20-9-6-5-7-10-20/h3-10,12-14,17,19,23H,1-2,11,15-16,18H2,(H,29,30,33). The summed E-state index contributed by atoms with van der Waals surface area (Å²) in [4.78, 5) is 17.9. The number of hydrogen-bond donors (Lipinski definition) is 1. The Morgan fingerprint density at radius 1 is 1.14 bits per heavy atom. The fourth-order valence-corrected chi connectivity index (χ4v) is 3.59. The maximum absolute atomic E-state index is 13.3. The molecule has 1 unspecified atom stereocenters. The first kappa shape index (κ1) is 23.7. The van der Waals surface area contributed by atoms with Crippen LogP contribution in [0.2, 0.25) is 0 Å². The summed E-state index contributed by atoms with van der Waals surface area (Å²) in [7, 11) is 0. The van der Waals surface area contributed by atoms with Crippen molar-refractivity contribution >= 4 is 11.7 Å². The number of aliphatic imine (C=N–C) groups is 1. The zero-order chi connectivity index (χ0) is 24.5. The highest BCUT2D eigenvalue weighted by molar-refractivity contribution is 6.11. The minimum absolute atomic E-state index is 0.255. The van der Waals surface area contributed by atoms with Gasteiger partial charge in [-0.3, -0.25) is 9.79 Å². The van der Waals surface area contributed by atoms with Crippen LogP contribution in [-0.4, -0.2) is 33.1 Å². The van der Waals surface area contributed by atoms with E-state index in [0.29, 0.717) is 48.3 Å². The fourth-order valence-electron chi connectivity index (χ4n) is 3.59. The summed E-state index contributed by atoms with van der Waals surface area (Å²) < 4.78 is 13.5. The predicted molar refractivity (Wildman–Crippen MR) is 135 cm³/mol. The quantitative estimate of drug-likeness (QED) is 0.444. The number of aromatic nitrogens is 3. The molecule has 1 aromatic heterocycles. The van der Waals surface area contributed by atoms with Crippen molar-refractivity contribution in [3.05, 3.63) is 109 Å². The van der Waals surface area contributed by atoms with Crippen LogP contribution in [0.5, 0.6) is 11.5 Å². The SMILES string of the molecule is C=CCOc1ccc(OCc2ccccc2)cc1C(=O)NC1=NC(c2nncn2CC=C)CC=C1. The molecule has 0 aliphatic carbocycles. The minimum atomic E-state index is -0.356. The lowest BCUT2D eigenvalue weighted by Crippen LogP contribution is -2.31. The average molecular weight is 470 g/mol.